The fourth-order valence-electron chi connectivity index (χ4n) is 3.77. The van der Waals surface area contributed by atoms with Crippen LogP contribution < -0.4 is 0 Å². The van der Waals surface area contributed by atoms with E-state index in [0.717, 1.165) is 49.9 Å². The summed E-state index contributed by atoms with van der Waals surface area (Å²) in [5.74, 6) is -0.462. The predicted octanol–water partition coefficient (Wildman–Crippen LogP) is 3.04. The van der Waals surface area contributed by atoms with Crippen LogP contribution in [-0.2, 0) is 9.47 Å². The third kappa shape index (κ3) is 3.10. The number of hydrogen-bond acceptors (Lipinski definition) is 5. The number of fused-ring (bicyclic) bond motifs is 1. The Labute approximate surface area is 153 Å². The molecule has 1 aliphatic carbocycles. The molecule has 0 atom stereocenters. The van der Waals surface area contributed by atoms with Gasteiger partial charge in [-0.05, 0) is 25.0 Å². The van der Waals surface area contributed by atoms with Crippen molar-refractivity contribution in [1.29, 1.82) is 0 Å². The average Bonchev–Trinajstić information content (AvgIpc) is 3.08. The van der Waals surface area contributed by atoms with E-state index >= 15 is 0 Å². The van der Waals surface area contributed by atoms with Crippen LogP contribution in [0.1, 0.15) is 39.5 Å². The summed E-state index contributed by atoms with van der Waals surface area (Å²) in [7, 11) is 1.84. The molecule has 1 aliphatic heterocycles. The van der Waals surface area contributed by atoms with E-state index in [0.29, 0.717) is 0 Å². The zero-order chi connectivity index (χ0) is 18.4. The molecule has 1 amide bonds. The molecule has 1 spiro atoms. The van der Waals surface area contributed by atoms with Gasteiger partial charge in [0.1, 0.15) is 5.52 Å². The Bertz CT molecular complexity index is 796. The van der Waals surface area contributed by atoms with E-state index in [-0.39, 0.29) is 17.5 Å². The van der Waals surface area contributed by atoms with Gasteiger partial charge in [0, 0.05) is 31.3 Å². The molecule has 0 N–H and O–H groups in total. The van der Waals surface area contributed by atoms with Gasteiger partial charge in [-0.1, -0.05) is 31.2 Å². The van der Waals surface area contributed by atoms with Gasteiger partial charge < -0.3 is 14.4 Å². The van der Waals surface area contributed by atoms with Crippen molar-refractivity contribution in [3.05, 3.63) is 24.3 Å². The molecule has 1 aromatic heterocycles. The molecule has 26 heavy (non-hydrogen) atoms. The molecule has 4 rings (SSSR count). The first kappa shape index (κ1) is 17.4. The van der Waals surface area contributed by atoms with E-state index in [1.807, 2.05) is 31.3 Å². The fraction of sp³-hybridized carbons (Fsp3) is 0.632. The highest BCUT2D eigenvalue weighted by molar-refractivity contribution is 5.87. The Kier molecular flexibility index (Phi) is 4.23. The van der Waals surface area contributed by atoms with Crippen molar-refractivity contribution in [2.24, 2.45) is 5.41 Å². The Hall–Kier alpha value is -1.99. The number of benzene rings is 1. The minimum Gasteiger partial charge on any atom is -0.349 e. The predicted molar refractivity (Wildman–Crippen MR) is 96.8 cm³/mol. The SMILES string of the molecule is CN(C(=O)n1nnc2ccccc21)C1CCC2(CC1)OCC(C)(C)CO2. The summed E-state index contributed by atoms with van der Waals surface area (Å²) in [5.41, 5.74) is 1.53. The lowest BCUT2D eigenvalue weighted by Crippen LogP contribution is -2.52. The minimum absolute atomic E-state index is 0.0724. The molecule has 1 aromatic carbocycles. The number of ether oxygens (including phenoxy) is 2. The molecule has 1 saturated heterocycles. The van der Waals surface area contributed by atoms with Crippen LogP contribution in [0.5, 0.6) is 0 Å². The zero-order valence-corrected chi connectivity index (χ0v) is 15.6. The first-order valence-electron chi connectivity index (χ1n) is 9.25. The van der Waals surface area contributed by atoms with Gasteiger partial charge in [0.05, 0.1) is 18.7 Å². The lowest BCUT2D eigenvalue weighted by molar-refractivity contribution is -0.312. The summed E-state index contributed by atoms with van der Waals surface area (Å²) in [4.78, 5) is 14.7. The summed E-state index contributed by atoms with van der Waals surface area (Å²) >= 11 is 0. The second-order valence-electron chi connectivity index (χ2n) is 8.27. The monoisotopic (exact) mass is 358 g/mol. The van der Waals surface area contributed by atoms with Crippen LogP contribution in [0.3, 0.4) is 0 Å². The molecule has 2 heterocycles. The first-order valence-corrected chi connectivity index (χ1v) is 9.25. The molecular weight excluding hydrogens is 332 g/mol. The zero-order valence-electron chi connectivity index (χ0n) is 15.6. The van der Waals surface area contributed by atoms with E-state index in [2.05, 4.69) is 24.2 Å². The Balaban J connectivity index is 1.42. The fourth-order valence-corrected chi connectivity index (χ4v) is 3.77. The average molecular weight is 358 g/mol. The number of para-hydroxylation sites is 1. The lowest BCUT2D eigenvalue weighted by Gasteiger charge is -2.47. The van der Waals surface area contributed by atoms with Crippen LogP contribution in [0, 0.1) is 5.41 Å². The van der Waals surface area contributed by atoms with Gasteiger partial charge in [-0.3, -0.25) is 0 Å². The van der Waals surface area contributed by atoms with Crippen molar-refractivity contribution < 1.29 is 14.3 Å². The smallest absolute Gasteiger partial charge is 0.346 e. The van der Waals surface area contributed by atoms with Gasteiger partial charge in [0.2, 0.25) is 0 Å². The Morgan fingerprint density at radius 1 is 1.19 bits per heavy atom. The van der Waals surface area contributed by atoms with Crippen molar-refractivity contribution in [3.63, 3.8) is 0 Å². The van der Waals surface area contributed by atoms with Crippen LogP contribution in [-0.4, -0.2) is 58.0 Å². The Morgan fingerprint density at radius 3 is 2.54 bits per heavy atom. The number of carbonyl (C=O) groups is 1. The van der Waals surface area contributed by atoms with Crippen LogP contribution >= 0.6 is 0 Å². The first-order chi connectivity index (χ1) is 12.4. The second-order valence-corrected chi connectivity index (χ2v) is 8.27. The number of amides is 1. The van der Waals surface area contributed by atoms with Crippen LogP contribution in [0.4, 0.5) is 4.79 Å². The Morgan fingerprint density at radius 2 is 1.85 bits per heavy atom. The van der Waals surface area contributed by atoms with Gasteiger partial charge >= 0.3 is 6.03 Å². The second kappa shape index (κ2) is 6.32. The highest BCUT2D eigenvalue weighted by atomic mass is 16.7. The summed E-state index contributed by atoms with van der Waals surface area (Å²) < 4.78 is 13.6. The maximum atomic E-state index is 12.9. The number of hydrogen-bond donors (Lipinski definition) is 0. The number of carbonyl (C=O) groups excluding carboxylic acids is 1. The minimum atomic E-state index is -0.462. The maximum absolute atomic E-state index is 12.9. The van der Waals surface area contributed by atoms with Gasteiger partial charge in [-0.25, -0.2) is 4.79 Å². The molecule has 2 aromatic rings. The van der Waals surface area contributed by atoms with Crippen LogP contribution in [0.2, 0.25) is 0 Å². The molecule has 140 valence electrons. The van der Waals surface area contributed by atoms with E-state index in [1.54, 1.807) is 4.90 Å². The van der Waals surface area contributed by atoms with Crippen molar-refractivity contribution in [2.45, 2.75) is 51.4 Å². The standard InChI is InChI=1S/C19H26N4O3/c1-18(2)12-25-19(26-13-18)10-8-14(9-11-19)22(3)17(24)23-16-7-5-4-6-15(16)20-21-23/h4-7,14H,8-13H2,1-3H3. The highest BCUT2D eigenvalue weighted by Crippen LogP contribution is 2.40. The molecule has 7 heteroatoms. The van der Waals surface area contributed by atoms with Gasteiger partial charge in [-0.15, -0.1) is 5.10 Å². The van der Waals surface area contributed by atoms with Crippen LogP contribution in [0.15, 0.2) is 24.3 Å². The molecule has 0 unspecified atom stereocenters. The number of nitrogens with zero attached hydrogens (tertiary/aromatic N) is 4. The lowest BCUT2D eigenvalue weighted by atomic mass is 9.86. The van der Waals surface area contributed by atoms with Crippen molar-refractivity contribution in [3.8, 4) is 0 Å². The molecule has 0 radical (unpaired) electrons. The van der Waals surface area contributed by atoms with Gasteiger partial charge in [-0.2, -0.15) is 4.68 Å². The largest absolute Gasteiger partial charge is 0.349 e. The summed E-state index contributed by atoms with van der Waals surface area (Å²) in [6.07, 6.45) is 3.33. The maximum Gasteiger partial charge on any atom is 0.346 e. The summed E-state index contributed by atoms with van der Waals surface area (Å²) in [6.45, 7) is 5.75. The van der Waals surface area contributed by atoms with Crippen molar-refractivity contribution >= 4 is 17.1 Å². The molecule has 7 nitrogen and oxygen atoms in total. The normalized spacial score (nSPS) is 22.6. The molecule has 1 saturated carbocycles. The van der Waals surface area contributed by atoms with E-state index in [4.69, 9.17) is 9.47 Å². The molecule has 2 fully saturated rings. The molecule has 0 bridgehead atoms. The van der Waals surface area contributed by atoms with Crippen molar-refractivity contribution in [2.75, 3.05) is 20.3 Å². The molecule has 2 aliphatic rings. The van der Waals surface area contributed by atoms with E-state index < -0.39 is 5.79 Å². The van der Waals surface area contributed by atoms with Gasteiger partial charge in [0.15, 0.2) is 5.79 Å². The highest BCUT2D eigenvalue weighted by Gasteiger charge is 2.44. The third-order valence-electron chi connectivity index (χ3n) is 5.55. The van der Waals surface area contributed by atoms with Crippen molar-refractivity contribution in [1.82, 2.24) is 19.9 Å². The summed E-state index contributed by atoms with van der Waals surface area (Å²) in [6, 6.07) is 7.50. The molecular formula is C19H26N4O3. The number of aromatic nitrogens is 3. The quantitative estimate of drug-likeness (QED) is 0.784. The van der Waals surface area contributed by atoms with E-state index in [1.165, 1.54) is 4.68 Å². The summed E-state index contributed by atoms with van der Waals surface area (Å²) in [5, 5.41) is 8.11. The number of rotatable bonds is 1. The van der Waals surface area contributed by atoms with Gasteiger partial charge in [0.25, 0.3) is 0 Å². The topological polar surface area (TPSA) is 69.5 Å². The van der Waals surface area contributed by atoms with Crippen LogP contribution in [0.25, 0.3) is 11.0 Å². The van der Waals surface area contributed by atoms with E-state index in [9.17, 15) is 4.79 Å². The third-order valence-corrected chi connectivity index (χ3v) is 5.55.